The minimum Gasteiger partial charge on any atom is -0.508 e. The number of nitrogens with two attached hydrogens (primary N) is 1. The van der Waals surface area contributed by atoms with Crippen LogP contribution < -0.4 is 29.6 Å². The number of carboxylic acids is 1. The Morgan fingerprint density at radius 2 is 1.76 bits per heavy atom. The van der Waals surface area contributed by atoms with Crippen LogP contribution in [0.25, 0.3) is 0 Å². The van der Waals surface area contributed by atoms with Crippen LogP contribution in [0.3, 0.4) is 0 Å². The lowest BCUT2D eigenvalue weighted by Gasteiger charge is -2.42. The predicted octanol–water partition coefficient (Wildman–Crippen LogP) is 1.85. The molecule has 6 N–H and O–H groups in total. The van der Waals surface area contributed by atoms with Gasteiger partial charge in [-0.15, -0.1) is 0 Å². The summed E-state index contributed by atoms with van der Waals surface area (Å²) < 4.78 is 46.8. The van der Waals surface area contributed by atoms with Crippen LogP contribution in [-0.2, 0) is 39.8 Å². The largest absolute Gasteiger partial charge is 0.508 e. The van der Waals surface area contributed by atoms with Crippen molar-refractivity contribution in [3.63, 3.8) is 0 Å². The van der Waals surface area contributed by atoms with Crippen LogP contribution in [-0.4, -0.2) is 109 Å². The number of fused-ring (bicyclic) bond motifs is 6. The summed E-state index contributed by atoms with van der Waals surface area (Å²) in [6.45, 7) is -0.145. The molecule has 4 heterocycles. The number of aliphatic carboxylic acids is 1. The molecule has 54 heavy (non-hydrogen) atoms. The summed E-state index contributed by atoms with van der Waals surface area (Å²) in [7, 11) is 0. The highest BCUT2D eigenvalue weighted by molar-refractivity contribution is 5.90. The van der Waals surface area contributed by atoms with Crippen LogP contribution in [0.2, 0.25) is 0 Å². The van der Waals surface area contributed by atoms with E-state index in [2.05, 4.69) is 0 Å². The third-order valence-electron chi connectivity index (χ3n) is 9.33. The van der Waals surface area contributed by atoms with Gasteiger partial charge in [0.25, 0.3) is 0 Å². The average molecular weight is 756 g/mol. The molecule has 3 aromatic carbocycles. The number of carboxylic acid groups (broad SMARTS) is 1. The Labute approximate surface area is 308 Å². The second-order valence-corrected chi connectivity index (χ2v) is 13.0. The molecule has 0 spiro atoms. The van der Waals surface area contributed by atoms with Crippen LogP contribution in [0.5, 0.6) is 34.5 Å². The Bertz CT molecular complexity index is 1820. The molecule has 17 heteroatoms. The fourth-order valence-corrected chi connectivity index (χ4v) is 6.81. The number of carbonyl (C=O) groups excluding carboxylic acids is 1. The van der Waals surface area contributed by atoms with Crippen molar-refractivity contribution in [3.8, 4) is 34.5 Å². The Morgan fingerprint density at radius 3 is 2.54 bits per heavy atom. The summed E-state index contributed by atoms with van der Waals surface area (Å²) in [6.07, 6.45) is -7.33. The number of rotatable bonds is 16. The van der Waals surface area contributed by atoms with Crippen molar-refractivity contribution in [2.45, 2.75) is 62.0 Å². The molecule has 0 aliphatic carbocycles. The molecule has 0 bridgehead atoms. The highest BCUT2D eigenvalue weighted by atomic mass is 17.2. The second kappa shape index (κ2) is 16.6. The van der Waals surface area contributed by atoms with E-state index in [1.54, 1.807) is 30.3 Å². The molecule has 0 aromatic heterocycles. The Hall–Kier alpha value is -4.88. The van der Waals surface area contributed by atoms with Gasteiger partial charge in [-0.3, -0.25) is 9.59 Å². The Kier molecular flexibility index (Phi) is 11.5. The topological polar surface area (TPSA) is 233 Å². The smallest absolute Gasteiger partial charge is 0.317 e. The standard InChI is InChI=1S/C37H41NO16/c38-5-8-46-37-36(33(44)35(45-7-2-6-39)30(52-37)17-48-32(43)15-31(41)42)54-53-25-13-23-26(11-20(25)9-19-3-1-4-21(40)10-19)47-16-24-22-12-28-29(50-18-49-28)14-27(22)51-34(23)24/h1,3-4,10-14,24,30,33-37,39-40,44H,2,5-9,15-18,38H2,(H,41,42)/t24-,30-,33+,34-,35-,36-,37-/m1/s1. The first kappa shape index (κ1) is 37.4. The molecule has 1 saturated heterocycles. The van der Waals surface area contributed by atoms with E-state index in [0.717, 1.165) is 11.1 Å². The zero-order chi connectivity index (χ0) is 37.8. The number of phenolic OH excluding ortho intramolecular Hbond substituents is 1. The van der Waals surface area contributed by atoms with Gasteiger partial charge in [0.05, 0.1) is 19.1 Å². The molecule has 17 nitrogen and oxygen atoms in total. The van der Waals surface area contributed by atoms with E-state index >= 15 is 0 Å². The molecule has 3 aromatic rings. The summed E-state index contributed by atoms with van der Waals surface area (Å²) in [6, 6.07) is 14.0. The lowest BCUT2D eigenvalue weighted by Crippen LogP contribution is -2.61. The second-order valence-electron chi connectivity index (χ2n) is 13.0. The van der Waals surface area contributed by atoms with Crippen LogP contribution in [0, 0.1) is 0 Å². The molecular weight excluding hydrogens is 714 g/mol. The molecule has 1 fully saturated rings. The first-order chi connectivity index (χ1) is 26.2. The zero-order valence-corrected chi connectivity index (χ0v) is 29.0. The average Bonchev–Trinajstić information content (AvgIpc) is 3.76. The number of aromatic hydroxyl groups is 1. The lowest BCUT2D eigenvalue weighted by molar-refractivity contribution is -0.375. The number of hydrogen-bond acceptors (Lipinski definition) is 16. The van der Waals surface area contributed by atoms with Crippen LogP contribution in [0.15, 0.2) is 48.5 Å². The van der Waals surface area contributed by atoms with Gasteiger partial charge in [-0.1, -0.05) is 12.1 Å². The molecule has 0 amide bonds. The summed E-state index contributed by atoms with van der Waals surface area (Å²) >= 11 is 0. The minimum atomic E-state index is -1.51. The van der Waals surface area contributed by atoms with Gasteiger partial charge in [0, 0.05) is 48.9 Å². The molecule has 7 atom stereocenters. The number of ether oxygens (including phenoxy) is 8. The normalized spacial score (nSPS) is 24.8. The number of benzene rings is 3. The molecule has 290 valence electrons. The fourth-order valence-electron chi connectivity index (χ4n) is 6.81. The van der Waals surface area contributed by atoms with Crippen molar-refractivity contribution in [2.75, 3.05) is 46.4 Å². The van der Waals surface area contributed by atoms with Crippen molar-refractivity contribution in [2.24, 2.45) is 5.73 Å². The quantitative estimate of drug-likeness (QED) is 0.0461. The van der Waals surface area contributed by atoms with E-state index in [1.807, 2.05) is 18.2 Å². The van der Waals surface area contributed by atoms with Crippen LogP contribution in [0.1, 0.15) is 47.1 Å². The third-order valence-corrected chi connectivity index (χ3v) is 9.33. The minimum absolute atomic E-state index is 0.00582. The van der Waals surface area contributed by atoms with E-state index in [0.29, 0.717) is 40.7 Å². The van der Waals surface area contributed by atoms with E-state index in [-0.39, 0.29) is 63.4 Å². The Morgan fingerprint density at radius 1 is 0.926 bits per heavy atom. The molecule has 0 unspecified atom stereocenters. The van der Waals surface area contributed by atoms with E-state index in [1.165, 1.54) is 0 Å². The van der Waals surface area contributed by atoms with Crippen molar-refractivity contribution < 1.29 is 77.7 Å². The predicted molar refractivity (Wildman–Crippen MR) is 181 cm³/mol. The maximum atomic E-state index is 12.1. The number of aliphatic hydroxyl groups excluding tert-OH is 2. The van der Waals surface area contributed by atoms with Crippen LogP contribution in [0.4, 0.5) is 0 Å². The summed E-state index contributed by atoms with van der Waals surface area (Å²) in [5.74, 6) is 0.177. The van der Waals surface area contributed by atoms with Gasteiger partial charge >= 0.3 is 11.9 Å². The summed E-state index contributed by atoms with van der Waals surface area (Å²) in [4.78, 5) is 35.1. The first-order valence-electron chi connectivity index (χ1n) is 17.5. The summed E-state index contributed by atoms with van der Waals surface area (Å²) in [5.41, 5.74) is 8.66. The molecule has 7 rings (SSSR count). The first-order valence-corrected chi connectivity index (χ1v) is 17.5. The molecule has 0 saturated carbocycles. The van der Waals surface area contributed by atoms with Gasteiger partial charge in [-0.25, -0.2) is 0 Å². The maximum absolute atomic E-state index is 12.1. The van der Waals surface area contributed by atoms with Gasteiger partial charge in [0.15, 0.2) is 29.6 Å². The third kappa shape index (κ3) is 8.12. The number of esters is 1. The number of phenols is 1. The number of hydrogen-bond donors (Lipinski definition) is 5. The van der Waals surface area contributed by atoms with Crippen molar-refractivity contribution in [1.29, 1.82) is 0 Å². The Balaban J connectivity index is 1.17. The van der Waals surface area contributed by atoms with Gasteiger partial charge in [-0.2, -0.15) is 4.89 Å². The lowest BCUT2D eigenvalue weighted by atomic mass is 9.88. The molecular formula is C37H41NO16. The molecule has 4 aliphatic heterocycles. The van der Waals surface area contributed by atoms with E-state index in [9.17, 15) is 24.9 Å². The summed E-state index contributed by atoms with van der Waals surface area (Å²) in [5, 5.41) is 40.2. The van der Waals surface area contributed by atoms with Crippen molar-refractivity contribution in [1.82, 2.24) is 0 Å². The zero-order valence-electron chi connectivity index (χ0n) is 29.0. The van der Waals surface area contributed by atoms with Crippen molar-refractivity contribution in [3.05, 3.63) is 70.8 Å². The van der Waals surface area contributed by atoms with Gasteiger partial charge in [0.2, 0.25) is 6.79 Å². The SMILES string of the molecule is NCCO[C@@H]1O[C@H](COC(=O)CC(=O)O)[C@@H](OCCCO)[C@H](O)[C@H]1OOc1cc2c(cc1Cc1cccc(O)c1)OC[C@@H]1c3cc4c(cc3O[C@H]21)OCO4. The molecule has 4 aliphatic rings. The number of aliphatic hydroxyl groups is 2. The van der Waals surface area contributed by atoms with Crippen molar-refractivity contribution >= 4 is 11.9 Å². The molecule has 0 radical (unpaired) electrons. The van der Waals surface area contributed by atoms with Gasteiger partial charge in [0.1, 0.15) is 54.7 Å². The van der Waals surface area contributed by atoms with Crippen LogP contribution >= 0.6 is 0 Å². The maximum Gasteiger partial charge on any atom is 0.317 e. The van der Waals surface area contributed by atoms with E-state index < -0.39 is 61.8 Å². The van der Waals surface area contributed by atoms with Gasteiger partial charge in [-0.05, 0) is 42.3 Å². The van der Waals surface area contributed by atoms with Gasteiger partial charge < -0.3 is 68.9 Å². The highest BCUT2D eigenvalue weighted by Crippen LogP contribution is 2.55. The number of carbonyl (C=O) groups is 2. The van der Waals surface area contributed by atoms with E-state index in [4.69, 9.17) is 58.5 Å². The monoisotopic (exact) mass is 755 g/mol. The fraction of sp³-hybridized carbons (Fsp3) is 0.459. The highest BCUT2D eigenvalue weighted by Gasteiger charge is 2.49.